The maximum absolute atomic E-state index is 12.3. The summed E-state index contributed by atoms with van der Waals surface area (Å²) >= 11 is 0. The number of esters is 2. The molecule has 0 amide bonds. The Morgan fingerprint density at radius 1 is 0.364 bits per heavy atom. The number of aliphatic hydroxyl groups is 1. The van der Waals surface area contributed by atoms with Crippen LogP contribution in [0.15, 0.2) is 109 Å². The second-order valence-electron chi connectivity index (χ2n) is 17.9. The molecule has 0 spiro atoms. The van der Waals surface area contributed by atoms with Crippen molar-refractivity contribution in [1.29, 1.82) is 0 Å². The molecule has 0 rings (SSSR count). The Bertz CT molecular complexity index is 1310. The lowest BCUT2D eigenvalue weighted by Gasteiger charge is -2.15. The number of carbonyl (C=O) groups excluding carboxylic acids is 2. The van der Waals surface area contributed by atoms with Crippen LogP contribution in [-0.2, 0) is 19.1 Å². The first-order valence-electron chi connectivity index (χ1n) is 27.4. The van der Waals surface area contributed by atoms with Gasteiger partial charge in [-0.25, -0.2) is 0 Å². The van der Waals surface area contributed by atoms with Crippen molar-refractivity contribution in [2.75, 3.05) is 13.2 Å². The molecule has 0 fully saturated rings. The number of hydrogen-bond donors (Lipinski definition) is 1. The molecule has 0 aliphatic carbocycles. The molecule has 0 saturated carbocycles. The van der Waals surface area contributed by atoms with Crippen LogP contribution in [0.3, 0.4) is 0 Å². The van der Waals surface area contributed by atoms with Gasteiger partial charge in [-0.1, -0.05) is 239 Å². The summed E-state index contributed by atoms with van der Waals surface area (Å²) in [5.74, 6) is -0.608. The predicted molar refractivity (Wildman–Crippen MR) is 288 cm³/mol. The van der Waals surface area contributed by atoms with E-state index in [-0.39, 0.29) is 25.2 Å². The summed E-state index contributed by atoms with van der Waals surface area (Å²) in [7, 11) is 0. The topological polar surface area (TPSA) is 72.8 Å². The van der Waals surface area contributed by atoms with Gasteiger partial charge in [-0.2, -0.15) is 0 Å². The molecule has 66 heavy (non-hydrogen) atoms. The Morgan fingerprint density at radius 3 is 0.985 bits per heavy atom. The summed E-state index contributed by atoms with van der Waals surface area (Å²) in [6.07, 6.45) is 80.4. The summed E-state index contributed by atoms with van der Waals surface area (Å²) in [5.41, 5.74) is 0. The average molecular weight is 915 g/mol. The number of hydrogen-bond acceptors (Lipinski definition) is 5. The molecule has 0 aromatic rings. The maximum atomic E-state index is 12.3. The van der Waals surface area contributed by atoms with E-state index in [0.29, 0.717) is 12.8 Å². The van der Waals surface area contributed by atoms with Gasteiger partial charge >= 0.3 is 11.9 Å². The largest absolute Gasteiger partial charge is 0.462 e. The van der Waals surface area contributed by atoms with Crippen molar-refractivity contribution >= 4 is 11.9 Å². The van der Waals surface area contributed by atoms with Crippen molar-refractivity contribution in [1.82, 2.24) is 0 Å². The monoisotopic (exact) mass is 915 g/mol. The molecule has 0 aromatic heterocycles. The minimum absolute atomic E-state index is 0.0770. The Balaban J connectivity index is 3.58. The van der Waals surface area contributed by atoms with Crippen LogP contribution in [0.25, 0.3) is 0 Å². The molecule has 376 valence electrons. The van der Waals surface area contributed by atoms with E-state index in [1.165, 1.54) is 122 Å². The predicted octanol–water partition coefficient (Wildman–Crippen LogP) is 18.5. The van der Waals surface area contributed by atoms with Crippen LogP contribution in [-0.4, -0.2) is 36.4 Å². The van der Waals surface area contributed by atoms with Crippen molar-refractivity contribution in [3.63, 3.8) is 0 Å². The molecule has 0 aromatic carbocycles. The Labute approximate surface area is 408 Å². The van der Waals surface area contributed by atoms with Gasteiger partial charge in [0.05, 0.1) is 6.61 Å². The molecule has 1 N–H and O–H groups in total. The van der Waals surface area contributed by atoms with E-state index < -0.39 is 6.10 Å². The quantitative estimate of drug-likeness (QED) is 0.0374. The molecule has 0 heterocycles. The van der Waals surface area contributed by atoms with Crippen LogP contribution in [0.4, 0.5) is 0 Å². The lowest BCUT2D eigenvalue weighted by molar-refractivity contribution is -0.161. The summed E-state index contributed by atoms with van der Waals surface area (Å²) in [4.78, 5) is 24.5. The lowest BCUT2D eigenvalue weighted by atomic mass is 10.0. The highest BCUT2D eigenvalue weighted by Gasteiger charge is 2.16. The number of allylic oxidation sites excluding steroid dienone is 18. The van der Waals surface area contributed by atoms with Crippen LogP contribution in [0.5, 0.6) is 0 Å². The van der Waals surface area contributed by atoms with Gasteiger partial charge in [-0.15, -0.1) is 0 Å². The van der Waals surface area contributed by atoms with E-state index in [9.17, 15) is 14.7 Å². The van der Waals surface area contributed by atoms with Gasteiger partial charge in [-0.3, -0.25) is 9.59 Å². The zero-order valence-electron chi connectivity index (χ0n) is 42.9. The molecular formula is C61H102O5. The van der Waals surface area contributed by atoms with Gasteiger partial charge in [0.2, 0.25) is 0 Å². The molecule has 5 heteroatoms. The van der Waals surface area contributed by atoms with Gasteiger partial charge in [-0.05, 0) is 103 Å². The van der Waals surface area contributed by atoms with Crippen LogP contribution < -0.4 is 0 Å². The fourth-order valence-corrected chi connectivity index (χ4v) is 7.45. The first kappa shape index (κ1) is 62.6. The Morgan fingerprint density at radius 2 is 0.652 bits per heavy atom. The third-order valence-electron chi connectivity index (χ3n) is 11.6. The minimum atomic E-state index is -0.787. The smallest absolute Gasteiger partial charge is 0.306 e. The second kappa shape index (κ2) is 55.9. The molecule has 0 radical (unpaired) electrons. The van der Waals surface area contributed by atoms with Crippen LogP contribution in [0.2, 0.25) is 0 Å². The highest BCUT2D eigenvalue weighted by atomic mass is 16.6. The molecular weight excluding hydrogens is 813 g/mol. The van der Waals surface area contributed by atoms with Gasteiger partial charge < -0.3 is 14.6 Å². The zero-order chi connectivity index (χ0) is 47.7. The van der Waals surface area contributed by atoms with Gasteiger partial charge in [0.1, 0.15) is 6.61 Å². The fraction of sp³-hybridized carbons (Fsp3) is 0.672. The van der Waals surface area contributed by atoms with E-state index >= 15 is 0 Å². The molecule has 0 bridgehead atoms. The van der Waals surface area contributed by atoms with Gasteiger partial charge in [0.25, 0.3) is 0 Å². The number of carbonyl (C=O) groups is 2. The third-order valence-corrected chi connectivity index (χ3v) is 11.6. The number of rotatable bonds is 49. The van der Waals surface area contributed by atoms with E-state index in [0.717, 1.165) is 96.3 Å². The summed E-state index contributed by atoms with van der Waals surface area (Å²) < 4.78 is 10.7. The molecule has 0 saturated heterocycles. The SMILES string of the molecule is CC/C=C\C/C=C\C/C=C\C/C=C\C/C=C\C/C=C\C/C=C\CCCCCCCCCC(=O)OC(CO)COC(=O)CCCCCCCCCCCCC/C=C\C/C=C\CCCCCCC. The normalized spacial score (nSPS) is 13.1. The maximum Gasteiger partial charge on any atom is 0.306 e. The van der Waals surface area contributed by atoms with Crippen LogP contribution >= 0.6 is 0 Å². The highest BCUT2D eigenvalue weighted by molar-refractivity contribution is 5.70. The zero-order valence-corrected chi connectivity index (χ0v) is 42.9. The standard InChI is InChI=1S/C61H102O5/c1-3-5-7-9-11-13-15-17-19-21-23-25-27-28-29-30-31-32-34-36-38-40-42-44-46-48-50-52-54-56-61(64)66-59(57-62)58-65-60(63)55-53-51-49-47-45-43-41-39-37-35-33-26-24-22-20-18-16-14-12-10-8-6-4-2/h5,7,11,13,16-19,22-25,28-29,31-32,36,38,59,62H,3-4,6,8-10,12,14-15,20-21,26-27,30,33-35,37,39-58H2,1-2H3/b7-5-,13-11-,18-16-,19-17-,24-22-,25-23-,29-28-,32-31-,38-36-. The first-order valence-corrected chi connectivity index (χ1v) is 27.4. The summed E-state index contributed by atoms with van der Waals surface area (Å²) in [6, 6.07) is 0. The summed E-state index contributed by atoms with van der Waals surface area (Å²) in [6.45, 7) is 4.01. The minimum Gasteiger partial charge on any atom is -0.462 e. The molecule has 1 unspecified atom stereocenters. The Kier molecular flexibility index (Phi) is 53.0. The third kappa shape index (κ3) is 53.2. The van der Waals surface area contributed by atoms with E-state index in [1.807, 2.05) is 0 Å². The fourth-order valence-electron chi connectivity index (χ4n) is 7.45. The first-order chi connectivity index (χ1) is 32.6. The van der Waals surface area contributed by atoms with Gasteiger partial charge in [0.15, 0.2) is 6.10 Å². The Hall–Kier alpha value is -3.44. The van der Waals surface area contributed by atoms with Crippen LogP contribution in [0, 0.1) is 0 Å². The van der Waals surface area contributed by atoms with E-state index in [1.54, 1.807) is 0 Å². The van der Waals surface area contributed by atoms with Gasteiger partial charge in [0, 0.05) is 12.8 Å². The lowest BCUT2D eigenvalue weighted by Crippen LogP contribution is -2.28. The van der Waals surface area contributed by atoms with E-state index in [2.05, 4.69) is 123 Å². The second-order valence-corrected chi connectivity index (χ2v) is 17.9. The summed E-state index contributed by atoms with van der Waals surface area (Å²) in [5, 5.41) is 9.65. The van der Waals surface area contributed by atoms with Crippen molar-refractivity contribution in [3.8, 4) is 0 Å². The molecule has 5 nitrogen and oxygen atoms in total. The van der Waals surface area contributed by atoms with Crippen LogP contribution in [0.1, 0.15) is 245 Å². The highest BCUT2D eigenvalue weighted by Crippen LogP contribution is 2.15. The molecule has 0 aliphatic heterocycles. The average Bonchev–Trinajstić information content (AvgIpc) is 3.32. The van der Waals surface area contributed by atoms with E-state index in [4.69, 9.17) is 9.47 Å². The van der Waals surface area contributed by atoms with Crippen molar-refractivity contribution in [2.45, 2.75) is 251 Å². The van der Waals surface area contributed by atoms with Crippen molar-refractivity contribution in [3.05, 3.63) is 109 Å². The number of unbranched alkanes of at least 4 members (excludes halogenated alkanes) is 23. The number of aliphatic hydroxyl groups excluding tert-OH is 1. The van der Waals surface area contributed by atoms with Crippen molar-refractivity contribution in [2.24, 2.45) is 0 Å². The number of ether oxygens (including phenoxy) is 2. The molecule has 1 atom stereocenters. The molecule has 0 aliphatic rings. The van der Waals surface area contributed by atoms with Crippen molar-refractivity contribution < 1.29 is 24.2 Å².